The van der Waals surface area contributed by atoms with Gasteiger partial charge in [0.1, 0.15) is 5.60 Å². The number of hydrogen-bond acceptors (Lipinski definition) is 6. The molecular weight excluding hydrogens is 538 g/mol. The number of pyridine rings is 1. The van der Waals surface area contributed by atoms with Crippen molar-refractivity contribution < 1.29 is 14.6 Å². The van der Waals surface area contributed by atoms with Crippen molar-refractivity contribution in [2.75, 3.05) is 32.8 Å². The van der Waals surface area contributed by atoms with Crippen molar-refractivity contribution in [2.45, 2.75) is 53.2 Å². The number of carbonyl (C=O) groups is 1. The van der Waals surface area contributed by atoms with Crippen LogP contribution in [-0.2, 0) is 17.4 Å². The zero-order valence-electron chi connectivity index (χ0n) is 25.2. The number of nitrogens with zero attached hydrogens (tertiary/aromatic N) is 5. The van der Waals surface area contributed by atoms with Gasteiger partial charge in [-0.1, -0.05) is 58.4 Å². The second-order valence-electron chi connectivity index (χ2n) is 11.8. The quantitative estimate of drug-likeness (QED) is 0.399. The Bertz CT molecular complexity index is 1400. The minimum absolute atomic E-state index is 0.0837. The van der Waals surface area contributed by atoms with Gasteiger partial charge in [-0.3, -0.25) is 9.88 Å². The average Bonchev–Trinajstić information content (AvgIpc) is 3.33. The molecule has 2 aliphatic rings. The van der Waals surface area contributed by atoms with Gasteiger partial charge in [0.15, 0.2) is 0 Å². The van der Waals surface area contributed by atoms with E-state index in [1.807, 2.05) is 82.6 Å². The molecule has 1 saturated heterocycles. The van der Waals surface area contributed by atoms with Crippen LogP contribution in [0.3, 0.4) is 0 Å². The Hall–Kier alpha value is -3.20. The van der Waals surface area contributed by atoms with Crippen LogP contribution >= 0.6 is 11.6 Å². The molecule has 2 aromatic heterocycles. The lowest BCUT2D eigenvalue weighted by Gasteiger charge is -2.39. The SMILES string of the molecule is CC.Cn1cncc1[C@](C)(O)C1=Cc2cccnc2[C@@H](N2CCN(C(=O)OCC(C)(C)C)CC2)c2ccc(Cl)cc21. The molecule has 0 spiro atoms. The number of aromatic nitrogens is 3. The van der Waals surface area contributed by atoms with Crippen LogP contribution in [0.5, 0.6) is 0 Å². The van der Waals surface area contributed by atoms with Gasteiger partial charge in [-0.2, -0.15) is 0 Å². The first-order chi connectivity index (χ1) is 19.5. The molecule has 8 nitrogen and oxygen atoms in total. The van der Waals surface area contributed by atoms with Crippen LogP contribution in [0.25, 0.3) is 11.6 Å². The van der Waals surface area contributed by atoms with Crippen LogP contribution in [0.2, 0.25) is 5.02 Å². The van der Waals surface area contributed by atoms with Crippen LogP contribution in [0, 0.1) is 5.41 Å². The molecule has 9 heteroatoms. The molecule has 220 valence electrons. The molecule has 0 unspecified atom stereocenters. The fourth-order valence-electron chi connectivity index (χ4n) is 5.43. The molecule has 2 atom stereocenters. The van der Waals surface area contributed by atoms with Crippen LogP contribution in [-0.4, -0.2) is 68.3 Å². The normalized spacial score (nSPS) is 18.6. The number of amides is 1. The van der Waals surface area contributed by atoms with Crippen molar-refractivity contribution in [1.82, 2.24) is 24.3 Å². The standard InChI is InChI=1S/C30H36ClN5O3.C2H6/c1-29(2,3)18-39-28(37)36-13-11-35(12-14-36)27-22-9-8-21(31)16-23(22)24(15-20-7-6-10-33-26(20)27)30(4,38)25-17-32-19-34(25)5;1-2/h6-10,15-17,19,27,38H,11-14,18H2,1-5H3;1-2H3/t27-,30+;/m0./s1. The van der Waals surface area contributed by atoms with Gasteiger partial charge in [-0.15, -0.1) is 0 Å². The van der Waals surface area contributed by atoms with E-state index in [4.69, 9.17) is 21.3 Å². The van der Waals surface area contributed by atoms with E-state index in [-0.39, 0.29) is 17.6 Å². The minimum Gasteiger partial charge on any atom is -0.449 e. The summed E-state index contributed by atoms with van der Waals surface area (Å²) in [7, 11) is 1.87. The monoisotopic (exact) mass is 579 g/mol. The topological polar surface area (TPSA) is 83.7 Å². The number of carbonyl (C=O) groups excluding carboxylic acids is 1. The Morgan fingerprint density at radius 2 is 1.83 bits per heavy atom. The predicted octanol–water partition coefficient (Wildman–Crippen LogP) is 6.15. The van der Waals surface area contributed by atoms with Crippen molar-refractivity contribution in [2.24, 2.45) is 12.5 Å². The van der Waals surface area contributed by atoms with Crippen LogP contribution in [0.1, 0.15) is 75.7 Å². The third kappa shape index (κ3) is 6.50. The maximum atomic E-state index is 12.7. The maximum absolute atomic E-state index is 12.7. The van der Waals surface area contributed by atoms with E-state index in [0.29, 0.717) is 43.5 Å². The van der Waals surface area contributed by atoms with Gasteiger partial charge in [0.05, 0.1) is 36.6 Å². The molecule has 3 aromatic rings. The number of halogens is 1. The van der Waals surface area contributed by atoms with E-state index in [2.05, 4.69) is 9.88 Å². The number of fused-ring (bicyclic) bond motifs is 2. The first-order valence-corrected chi connectivity index (χ1v) is 14.7. The second-order valence-corrected chi connectivity index (χ2v) is 12.2. The van der Waals surface area contributed by atoms with Gasteiger partial charge in [-0.25, -0.2) is 9.78 Å². The highest BCUT2D eigenvalue weighted by Crippen LogP contribution is 2.46. The summed E-state index contributed by atoms with van der Waals surface area (Å²) < 4.78 is 7.40. The molecular formula is C32H42ClN5O3. The molecule has 3 heterocycles. The molecule has 1 fully saturated rings. The number of ether oxygens (including phenoxy) is 1. The first kappa shape index (κ1) is 30.8. The molecule has 5 rings (SSSR count). The van der Waals surface area contributed by atoms with Gasteiger partial charge in [-0.05, 0) is 58.9 Å². The van der Waals surface area contributed by atoms with Crippen molar-refractivity contribution in [3.63, 3.8) is 0 Å². The largest absolute Gasteiger partial charge is 0.449 e. The zero-order chi connectivity index (χ0) is 29.9. The van der Waals surface area contributed by atoms with E-state index >= 15 is 0 Å². The predicted molar refractivity (Wildman–Crippen MR) is 163 cm³/mol. The summed E-state index contributed by atoms with van der Waals surface area (Å²) in [6.07, 6.45) is 6.93. The Morgan fingerprint density at radius 3 is 2.46 bits per heavy atom. The Kier molecular flexibility index (Phi) is 9.26. The van der Waals surface area contributed by atoms with Gasteiger partial charge < -0.3 is 19.3 Å². The van der Waals surface area contributed by atoms with Crippen LogP contribution in [0.4, 0.5) is 4.79 Å². The maximum Gasteiger partial charge on any atom is 0.409 e. The molecule has 1 N–H and O–H groups in total. The fourth-order valence-corrected chi connectivity index (χ4v) is 5.60. The minimum atomic E-state index is -1.35. The number of rotatable bonds is 4. The average molecular weight is 580 g/mol. The smallest absolute Gasteiger partial charge is 0.409 e. The Labute approximate surface area is 248 Å². The van der Waals surface area contributed by atoms with Gasteiger partial charge in [0.2, 0.25) is 0 Å². The van der Waals surface area contributed by atoms with Gasteiger partial charge in [0, 0.05) is 44.4 Å². The summed E-state index contributed by atoms with van der Waals surface area (Å²) in [5.74, 6) is 0. The van der Waals surface area contributed by atoms with Crippen molar-refractivity contribution in [3.05, 3.63) is 82.2 Å². The number of piperazine rings is 1. The highest BCUT2D eigenvalue weighted by atomic mass is 35.5. The summed E-state index contributed by atoms with van der Waals surface area (Å²) in [5.41, 5.74) is 3.68. The van der Waals surface area contributed by atoms with Crippen molar-refractivity contribution in [1.29, 1.82) is 0 Å². The Morgan fingerprint density at radius 1 is 1.12 bits per heavy atom. The lowest BCUT2D eigenvalue weighted by molar-refractivity contribution is 0.0493. The van der Waals surface area contributed by atoms with Crippen LogP contribution < -0.4 is 0 Å². The lowest BCUT2D eigenvalue weighted by Crippen LogP contribution is -2.50. The van der Waals surface area contributed by atoms with Gasteiger partial charge >= 0.3 is 6.09 Å². The fraction of sp³-hybridized carbons (Fsp3) is 0.469. The van der Waals surface area contributed by atoms with Gasteiger partial charge in [0.25, 0.3) is 0 Å². The number of benzene rings is 1. The molecule has 1 aliphatic carbocycles. The van der Waals surface area contributed by atoms with E-state index in [9.17, 15) is 9.90 Å². The summed E-state index contributed by atoms with van der Waals surface area (Å²) in [6, 6.07) is 9.60. The van der Waals surface area contributed by atoms with Crippen molar-refractivity contribution in [3.8, 4) is 0 Å². The number of aryl methyl sites for hydroxylation is 1. The highest BCUT2D eigenvalue weighted by Gasteiger charge is 2.39. The number of imidazole rings is 1. The molecule has 0 radical (unpaired) electrons. The molecule has 1 aliphatic heterocycles. The molecule has 1 aromatic carbocycles. The second kappa shape index (κ2) is 12.3. The first-order valence-electron chi connectivity index (χ1n) is 14.3. The highest BCUT2D eigenvalue weighted by molar-refractivity contribution is 6.30. The third-order valence-electron chi connectivity index (χ3n) is 7.44. The van der Waals surface area contributed by atoms with Crippen molar-refractivity contribution >= 4 is 29.3 Å². The number of hydrogen-bond donors (Lipinski definition) is 1. The summed E-state index contributed by atoms with van der Waals surface area (Å²) in [5, 5.41) is 12.6. The van der Waals surface area contributed by atoms with E-state index in [1.165, 1.54) is 0 Å². The number of aliphatic hydroxyl groups is 1. The third-order valence-corrected chi connectivity index (χ3v) is 7.67. The lowest BCUT2D eigenvalue weighted by atomic mass is 9.84. The van der Waals surface area contributed by atoms with E-state index < -0.39 is 5.60 Å². The summed E-state index contributed by atoms with van der Waals surface area (Å²) in [6.45, 7) is 14.7. The van der Waals surface area contributed by atoms with Crippen LogP contribution in [0.15, 0.2) is 49.1 Å². The molecule has 0 bridgehead atoms. The van der Waals surface area contributed by atoms with E-state index in [0.717, 1.165) is 28.0 Å². The van der Waals surface area contributed by atoms with E-state index in [1.54, 1.807) is 30.5 Å². The Balaban J connectivity index is 0.00000189. The molecule has 0 saturated carbocycles. The summed E-state index contributed by atoms with van der Waals surface area (Å²) >= 11 is 6.55. The zero-order valence-corrected chi connectivity index (χ0v) is 25.9. The summed E-state index contributed by atoms with van der Waals surface area (Å²) in [4.78, 5) is 25.9. The molecule has 1 amide bonds. The molecule has 41 heavy (non-hydrogen) atoms.